The molecular formula is C25H27ClN6O2S. The maximum atomic E-state index is 12.7. The smallest absolute Gasteiger partial charge is 0.267 e. The van der Waals surface area contributed by atoms with Gasteiger partial charge >= 0.3 is 0 Å². The molecule has 1 fully saturated rings. The molecule has 0 unspecified atom stereocenters. The van der Waals surface area contributed by atoms with Crippen molar-refractivity contribution in [1.82, 2.24) is 14.9 Å². The highest BCUT2D eigenvalue weighted by molar-refractivity contribution is 7.17. The third-order valence-electron chi connectivity index (χ3n) is 5.65. The summed E-state index contributed by atoms with van der Waals surface area (Å²) in [5.74, 6) is 1.01. The number of hydrogen-bond donors (Lipinski definition) is 3. The number of piperidine rings is 1. The van der Waals surface area contributed by atoms with Gasteiger partial charge in [-0.25, -0.2) is 9.97 Å². The Morgan fingerprint density at radius 1 is 1.26 bits per heavy atom. The van der Waals surface area contributed by atoms with Crippen LogP contribution in [0, 0.1) is 13.8 Å². The largest absolute Gasteiger partial charge is 0.365 e. The molecule has 1 aromatic carbocycles. The Bertz CT molecular complexity index is 1240. The summed E-state index contributed by atoms with van der Waals surface area (Å²) in [7, 11) is 0. The highest BCUT2D eigenvalue weighted by Crippen LogP contribution is 2.28. The van der Waals surface area contributed by atoms with Gasteiger partial charge in [0.2, 0.25) is 5.91 Å². The molecule has 1 saturated heterocycles. The van der Waals surface area contributed by atoms with E-state index in [0.29, 0.717) is 38.9 Å². The summed E-state index contributed by atoms with van der Waals surface area (Å²) in [5, 5.41) is 10.5. The Hall–Kier alpha value is -3.43. The quantitative estimate of drug-likeness (QED) is 0.368. The van der Waals surface area contributed by atoms with Gasteiger partial charge in [0, 0.05) is 19.1 Å². The first-order valence-corrected chi connectivity index (χ1v) is 12.5. The molecule has 10 heteroatoms. The number of rotatable bonds is 7. The number of halogens is 1. The molecule has 2 amide bonds. The van der Waals surface area contributed by atoms with Crippen LogP contribution in [0.2, 0.25) is 5.02 Å². The molecule has 0 spiro atoms. The summed E-state index contributed by atoms with van der Waals surface area (Å²) >= 11 is 7.46. The number of pyridine rings is 1. The van der Waals surface area contributed by atoms with E-state index in [-0.39, 0.29) is 17.9 Å². The summed E-state index contributed by atoms with van der Waals surface area (Å²) in [5.41, 5.74) is 2.49. The fourth-order valence-corrected chi connectivity index (χ4v) is 4.94. The van der Waals surface area contributed by atoms with Gasteiger partial charge in [0.1, 0.15) is 16.5 Å². The van der Waals surface area contributed by atoms with Gasteiger partial charge in [0.25, 0.3) is 5.91 Å². The standard InChI is InChI=1S/C25H27ClN6O2S/c1-4-22(33)32-10-6-8-17(14-32)28-20-11-15(2)12-21(29-20)30-25-27-13-19(35-25)24(34)31-23-16(3)7-5-9-18(23)26/h4-5,7,9,11-13,17H,1,6,8,10,14H2,2-3H3,(H,31,34)(H2,27,28,29,30)/t17-/m0/s1. The van der Waals surface area contributed by atoms with Crippen molar-refractivity contribution in [3.63, 3.8) is 0 Å². The third-order valence-corrected chi connectivity index (χ3v) is 6.88. The van der Waals surface area contributed by atoms with Crippen LogP contribution in [0.4, 0.5) is 22.5 Å². The molecule has 1 aliphatic heterocycles. The predicted octanol–water partition coefficient (Wildman–Crippen LogP) is 5.39. The van der Waals surface area contributed by atoms with E-state index in [2.05, 4.69) is 32.5 Å². The number of benzene rings is 1. The van der Waals surface area contributed by atoms with Crippen molar-refractivity contribution in [1.29, 1.82) is 0 Å². The van der Waals surface area contributed by atoms with Crippen molar-refractivity contribution in [2.24, 2.45) is 0 Å². The molecule has 4 rings (SSSR count). The number of likely N-dealkylation sites (tertiary alicyclic amines) is 1. The number of para-hydroxylation sites is 1. The minimum absolute atomic E-state index is 0.0515. The first-order valence-electron chi connectivity index (χ1n) is 11.3. The molecule has 0 aliphatic carbocycles. The predicted molar refractivity (Wildman–Crippen MR) is 142 cm³/mol. The zero-order valence-electron chi connectivity index (χ0n) is 19.6. The van der Waals surface area contributed by atoms with E-state index in [1.54, 1.807) is 11.0 Å². The number of amides is 2. The average Bonchev–Trinajstić information content (AvgIpc) is 3.29. The number of nitrogens with zero attached hydrogens (tertiary/aromatic N) is 3. The van der Waals surface area contributed by atoms with Crippen LogP contribution in [0.3, 0.4) is 0 Å². The Labute approximate surface area is 213 Å². The minimum Gasteiger partial charge on any atom is -0.365 e. The van der Waals surface area contributed by atoms with Gasteiger partial charge in [-0.15, -0.1) is 0 Å². The molecule has 182 valence electrons. The molecule has 1 aliphatic rings. The highest BCUT2D eigenvalue weighted by atomic mass is 35.5. The van der Waals surface area contributed by atoms with Crippen LogP contribution in [0.15, 0.2) is 49.2 Å². The van der Waals surface area contributed by atoms with Crippen LogP contribution in [0.1, 0.15) is 33.6 Å². The number of nitrogens with one attached hydrogen (secondary N) is 3. The normalized spacial score (nSPS) is 15.4. The first-order chi connectivity index (χ1) is 16.8. The van der Waals surface area contributed by atoms with Crippen molar-refractivity contribution in [2.45, 2.75) is 32.7 Å². The lowest BCUT2D eigenvalue weighted by Crippen LogP contribution is -2.44. The molecule has 0 saturated carbocycles. The number of thiazole rings is 1. The molecule has 0 bridgehead atoms. The van der Waals surface area contributed by atoms with E-state index in [4.69, 9.17) is 11.6 Å². The monoisotopic (exact) mass is 510 g/mol. The van der Waals surface area contributed by atoms with Crippen molar-refractivity contribution in [3.8, 4) is 0 Å². The Kier molecular flexibility index (Phi) is 7.67. The summed E-state index contributed by atoms with van der Waals surface area (Å²) < 4.78 is 0. The van der Waals surface area contributed by atoms with E-state index in [1.165, 1.54) is 23.6 Å². The van der Waals surface area contributed by atoms with Gasteiger partial charge in [0.05, 0.1) is 16.9 Å². The van der Waals surface area contributed by atoms with Crippen LogP contribution < -0.4 is 16.0 Å². The number of carbonyl (C=O) groups excluding carboxylic acids is 2. The van der Waals surface area contributed by atoms with Crippen LogP contribution in [0.25, 0.3) is 0 Å². The van der Waals surface area contributed by atoms with Gasteiger partial charge in [-0.3, -0.25) is 9.59 Å². The molecule has 3 N–H and O–H groups in total. The Morgan fingerprint density at radius 2 is 2.06 bits per heavy atom. The molecule has 1 atom stereocenters. The molecule has 3 heterocycles. The Balaban J connectivity index is 1.42. The minimum atomic E-state index is -0.276. The van der Waals surface area contributed by atoms with Crippen LogP contribution in [-0.2, 0) is 4.79 Å². The van der Waals surface area contributed by atoms with E-state index in [1.807, 2.05) is 38.1 Å². The topological polar surface area (TPSA) is 99.3 Å². The van der Waals surface area contributed by atoms with Crippen molar-refractivity contribution in [3.05, 3.63) is 70.2 Å². The lowest BCUT2D eigenvalue weighted by Gasteiger charge is -2.32. The van der Waals surface area contributed by atoms with E-state index in [9.17, 15) is 9.59 Å². The van der Waals surface area contributed by atoms with Crippen LogP contribution in [0.5, 0.6) is 0 Å². The summed E-state index contributed by atoms with van der Waals surface area (Å²) in [4.78, 5) is 35.9. The maximum Gasteiger partial charge on any atom is 0.267 e. The lowest BCUT2D eigenvalue weighted by molar-refractivity contribution is -0.127. The number of aryl methyl sites for hydroxylation is 2. The maximum absolute atomic E-state index is 12.7. The number of hydrogen-bond acceptors (Lipinski definition) is 7. The molecule has 8 nitrogen and oxygen atoms in total. The highest BCUT2D eigenvalue weighted by Gasteiger charge is 2.22. The van der Waals surface area contributed by atoms with Crippen molar-refractivity contribution in [2.75, 3.05) is 29.0 Å². The third kappa shape index (κ3) is 6.17. The molecule has 2 aromatic heterocycles. The second-order valence-corrected chi connectivity index (χ2v) is 9.87. The second kappa shape index (κ2) is 10.9. The average molecular weight is 511 g/mol. The number of carbonyl (C=O) groups is 2. The molecule has 0 radical (unpaired) electrons. The van der Waals surface area contributed by atoms with Crippen molar-refractivity contribution >= 4 is 57.2 Å². The van der Waals surface area contributed by atoms with Gasteiger partial charge < -0.3 is 20.9 Å². The van der Waals surface area contributed by atoms with Gasteiger partial charge in [-0.2, -0.15) is 0 Å². The van der Waals surface area contributed by atoms with Gasteiger partial charge in [-0.05, 0) is 62.1 Å². The number of anilines is 4. The van der Waals surface area contributed by atoms with Crippen molar-refractivity contribution < 1.29 is 9.59 Å². The summed E-state index contributed by atoms with van der Waals surface area (Å²) in [6.07, 6.45) is 4.76. The Morgan fingerprint density at radius 3 is 2.83 bits per heavy atom. The molecule has 3 aromatic rings. The second-order valence-electron chi connectivity index (χ2n) is 8.43. The lowest BCUT2D eigenvalue weighted by atomic mass is 10.1. The summed E-state index contributed by atoms with van der Waals surface area (Å²) in [6.45, 7) is 8.81. The zero-order valence-corrected chi connectivity index (χ0v) is 21.2. The summed E-state index contributed by atoms with van der Waals surface area (Å²) in [6, 6.07) is 9.45. The van der Waals surface area contributed by atoms with Crippen LogP contribution in [-0.4, -0.2) is 45.8 Å². The van der Waals surface area contributed by atoms with E-state index in [0.717, 1.165) is 30.5 Å². The molecule has 35 heavy (non-hydrogen) atoms. The number of aromatic nitrogens is 2. The first kappa shape index (κ1) is 24.7. The van der Waals surface area contributed by atoms with E-state index < -0.39 is 0 Å². The fourth-order valence-electron chi connectivity index (χ4n) is 3.95. The molecular weight excluding hydrogens is 484 g/mol. The van der Waals surface area contributed by atoms with Crippen LogP contribution >= 0.6 is 22.9 Å². The van der Waals surface area contributed by atoms with Gasteiger partial charge in [-0.1, -0.05) is 41.6 Å². The SMILES string of the molecule is C=CC(=O)N1CCC[C@H](Nc2cc(C)cc(Nc3ncc(C(=O)Nc4c(C)cccc4Cl)s3)n2)C1. The van der Waals surface area contributed by atoms with E-state index >= 15 is 0 Å². The zero-order chi connectivity index (χ0) is 24.9. The fraction of sp³-hybridized carbons (Fsp3) is 0.280. The van der Waals surface area contributed by atoms with Gasteiger partial charge in [0.15, 0.2) is 5.13 Å².